The van der Waals surface area contributed by atoms with E-state index in [4.69, 9.17) is 17.3 Å². The Hall–Kier alpha value is -1.08. The van der Waals surface area contributed by atoms with Crippen molar-refractivity contribution < 1.29 is 14.7 Å². The summed E-state index contributed by atoms with van der Waals surface area (Å²) in [4.78, 5) is 21.0. The van der Waals surface area contributed by atoms with Gasteiger partial charge in [-0.1, -0.05) is 11.3 Å². The Morgan fingerprint density at radius 3 is 2.58 bits per heavy atom. The third-order valence-corrected chi connectivity index (χ3v) is 2.17. The lowest BCUT2D eigenvalue weighted by Gasteiger charge is -1.90. The van der Waals surface area contributed by atoms with Gasteiger partial charge in [-0.15, -0.1) is 0 Å². The number of carbonyl (C=O) groups excluding carboxylic acids is 1. The lowest BCUT2D eigenvalue weighted by atomic mass is 10.6. The second-order valence-electron chi connectivity index (χ2n) is 1.91. The molecular formula is C5H4N2O3S2. The van der Waals surface area contributed by atoms with Gasteiger partial charge in [0, 0.05) is 0 Å². The molecule has 0 aliphatic carbocycles. The number of carboxylic acids is 1. The first-order valence-electron chi connectivity index (χ1n) is 2.87. The molecule has 0 saturated carbocycles. The van der Waals surface area contributed by atoms with Crippen LogP contribution in [0.5, 0.6) is 0 Å². The molecule has 0 saturated heterocycles. The predicted molar refractivity (Wildman–Crippen MR) is 43.9 cm³/mol. The number of hydrogen-bond acceptors (Lipinski definition) is 5. The van der Waals surface area contributed by atoms with Crippen molar-refractivity contribution in [3.05, 3.63) is 8.96 Å². The van der Waals surface area contributed by atoms with E-state index in [2.05, 4.69) is 5.10 Å². The molecule has 64 valence electrons. The summed E-state index contributed by atoms with van der Waals surface area (Å²) < 4.78 is 0.859. The summed E-state index contributed by atoms with van der Waals surface area (Å²) in [6, 6.07) is 0. The van der Waals surface area contributed by atoms with Gasteiger partial charge in [0.15, 0.2) is 3.95 Å². The minimum absolute atomic E-state index is 0.153. The fraction of sp³-hybridized carbons (Fsp3) is 0.200. The van der Waals surface area contributed by atoms with Crippen LogP contribution in [0.2, 0.25) is 0 Å². The highest BCUT2D eigenvalue weighted by Crippen LogP contribution is 2.05. The van der Waals surface area contributed by atoms with Crippen molar-refractivity contribution in [2.75, 3.05) is 0 Å². The van der Waals surface area contributed by atoms with Crippen LogP contribution in [0.25, 0.3) is 0 Å². The molecule has 0 bridgehead atoms. The molecule has 7 heteroatoms. The Labute approximate surface area is 76.3 Å². The van der Waals surface area contributed by atoms with Gasteiger partial charge in [0.1, 0.15) is 5.01 Å². The summed E-state index contributed by atoms with van der Waals surface area (Å²) >= 11 is 5.80. The van der Waals surface area contributed by atoms with Crippen LogP contribution in [0.15, 0.2) is 0 Å². The Morgan fingerprint density at radius 2 is 2.25 bits per heavy atom. The molecule has 5 nitrogen and oxygen atoms in total. The topological polar surface area (TPSA) is 72.2 Å². The largest absolute Gasteiger partial charge is 0.474 e. The summed E-state index contributed by atoms with van der Waals surface area (Å²) in [5.74, 6) is -2.68. The zero-order valence-corrected chi connectivity index (χ0v) is 7.61. The van der Waals surface area contributed by atoms with E-state index >= 15 is 0 Å². The zero-order valence-electron chi connectivity index (χ0n) is 5.97. The Bertz CT molecular complexity index is 392. The van der Waals surface area contributed by atoms with Crippen LogP contribution in [0, 0.1) is 10.9 Å². The SMILES string of the molecule is Cc1nn(C(=O)C(=O)O)c(=S)s1. The van der Waals surface area contributed by atoms with Crippen LogP contribution in [0.1, 0.15) is 9.80 Å². The maximum atomic E-state index is 10.8. The van der Waals surface area contributed by atoms with E-state index < -0.39 is 11.9 Å². The van der Waals surface area contributed by atoms with Crippen LogP contribution in [-0.4, -0.2) is 26.8 Å². The van der Waals surface area contributed by atoms with Gasteiger partial charge in [0.25, 0.3) is 0 Å². The van der Waals surface area contributed by atoms with Crippen molar-refractivity contribution in [3.63, 3.8) is 0 Å². The van der Waals surface area contributed by atoms with Gasteiger partial charge >= 0.3 is 11.9 Å². The van der Waals surface area contributed by atoms with Crippen molar-refractivity contribution in [2.24, 2.45) is 0 Å². The quantitative estimate of drug-likeness (QED) is 0.497. The van der Waals surface area contributed by atoms with Gasteiger partial charge in [-0.2, -0.15) is 9.78 Å². The molecule has 0 radical (unpaired) electrons. The lowest BCUT2D eigenvalue weighted by molar-refractivity contribution is -0.132. The van der Waals surface area contributed by atoms with E-state index in [1.807, 2.05) is 0 Å². The van der Waals surface area contributed by atoms with Crippen LogP contribution in [-0.2, 0) is 4.79 Å². The first-order valence-corrected chi connectivity index (χ1v) is 4.09. The minimum Gasteiger partial charge on any atom is -0.474 e. The van der Waals surface area contributed by atoms with Gasteiger partial charge in [0.05, 0.1) is 0 Å². The standard InChI is InChI=1S/C5H4N2O3S2/c1-2-6-7(5(11)12-2)3(8)4(9)10/h1H3,(H,9,10). The number of aromatic nitrogens is 2. The zero-order chi connectivity index (χ0) is 9.30. The average molecular weight is 204 g/mol. The van der Waals surface area contributed by atoms with Crippen molar-refractivity contribution in [1.82, 2.24) is 9.78 Å². The van der Waals surface area contributed by atoms with Crippen molar-refractivity contribution in [1.29, 1.82) is 0 Å². The number of aliphatic carboxylic acids is 1. The molecule has 1 N–H and O–H groups in total. The summed E-state index contributed by atoms with van der Waals surface area (Å²) in [5.41, 5.74) is 0. The van der Waals surface area contributed by atoms with Gasteiger partial charge < -0.3 is 5.11 Å². The Balaban J connectivity index is 3.20. The number of carbonyl (C=O) groups is 2. The summed E-state index contributed by atoms with van der Waals surface area (Å²) in [7, 11) is 0. The normalized spacial score (nSPS) is 9.75. The van der Waals surface area contributed by atoms with Crippen molar-refractivity contribution in [2.45, 2.75) is 6.92 Å². The van der Waals surface area contributed by atoms with Crippen molar-refractivity contribution in [3.8, 4) is 0 Å². The Morgan fingerprint density at radius 1 is 1.67 bits per heavy atom. The summed E-state index contributed by atoms with van der Waals surface area (Å²) in [6.07, 6.45) is 0. The van der Waals surface area contributed by atoms with E-state index in [0.29, 0.717) is 9.69 Å². The molecule has 0 aliphatic rings. The molecule has 1 aromatic heterocycles. The number of rotatable bonds is 0. The van der Waals surface area contributed by atoms with Gasteiger partial charge in [-0.05, 0) is 19.1 Å². The first-order chi connectivity index (χ1) is 5.52. The van der Waals surface area contributed by atoms with Gasteiger partial charge in [0.2, 0.25) is 0 Å². The molecule has 0 atom stereocenters. The van der Waals surface area contributed by atoms with E-state index in [0.717, 1.165) is 11.3 Å². The molecule has 12 heavy (non-hydrogen) atoms. The molecular weight excluding hydrogens is 200 g/mol. The average Bonchev–Trinajstić information content (AvgIpc) is 2.28. The number of carboxylic acid groups (broad SMARTS) is 1. The van der Waals surface area contributed by atoms with Crippen LogP contribution >= 0.6 is 23.6 Å². The molecule has 0 aliphatic heterocycles. The maximum Gasteiger partial charge on any atom is 0.396 e. The monoisotopic (exact) mass is 204 g/mol. The molecule has 0 amide bonds. The minimum atomic E-state index is -1.56. The highest BCUT2D eigenvalue weighted by atomic mass is 32.1. The highest BCUT2D eigenvalue weighted by molar-refractivity contribution is 7.73. The van der Waals surface area contributed by atoms with E-state index in [-0.39, 0.29) is 3.95 Å². The third-order valence-electron chi connectivity index (χ3n) is 1.02. The summed E-state index contributed by atoms with van der Waals surface area (Å²) in [5, 5.41) is 12.5. The van der Waals surface area contributed by atoms with E-state index in [1.165, 1.54) is 0 Å². The molecule has 1 heterocycles. The summed E-state index contributed by atoms with van der Waals surface area (Å²) in [6.45, 7) is 1.64. The van der Waals surface area contributed by atoms with Gasteiger partial charge in [-0.3, -0.25) is 4.79 Å². The molecule has 0 spiro atoms. The second-order valence-corrected chi connectivity index (χ2v) is 3.74. The van der Waals surface area contributed by atoms with Crippen LogP contribution in [0.4, 0.5) is 0 Å². The fourth-order valence-corrected chi connectivity index (χ4v) is 1.66. The third kappa shape index (κ3) is 1.56. The van der Waals surface area contributed by atoms with E-state index in [1.54, 1.807) is 6.92 Å². The second kappa shape index (κ2) is 3.11. The lowest BCUT2D eigenvalue weighted by Crippen LogP contribution is -2.22. The fourth-order valence-electron chi connectivity index (χ4n) is 0.591. The molecule has 0 unspecified atom stereocenters. The van der Waals surface area contributed by atoms with Crippen LogP contribution < -0.4 is 0 Å². The highest BCUT2D eigenvalue weighted by Gasteiger charge is 2.16. The molecule has 0 aromatic carbocycles. The maximum absolute atomic E-state index is 10.8. The van der Waals surface area contributed by atoms with Crippen molar-refractivity contribution >= 4 is 35.4 Å². The Kier molecular flexibility index (Phi) is 2.34. The smallest absolute Gasteiger partial charge is 0.396 e. The molecule has 1 aromatic rings. The number of aryl methyl sites for hydroxylation is 1. The molecule has 0 fully saturated rings. The predicted octanol–water partition coefficient (Wildman–Crippen LogP) is 0.707. The number of nitrogens with zero attached hydrogens (tertiary/aromatic N) is 2. The molecule has 1 rings (SSSR count). The van der Waals surface area contributed by atoms with E-state index in [9.17, 15) is 9.59 Å². The first kappa shape index (κ1) is 9.01. The van der Waals surface area contributed by atoms with Crippen LogP contribution in [0.3, 0.4) is 0 Å². The number of hydrogen-bond donors (Lipinski definition) is 1. The van der Waals surface area contributed by atoms with Gasteiger partial charge in [-0.25, -0.2) is 4.79 Å².